The van der Waals surface area contributed by atoms with Gasteiger partial charge < -0.3 is 9.80 Å². The van der Waals surface area contributed by atoms with Crippen molar-refractivity contribution in [3.8, 4) is 0 Å². The fourth-order valence-electron chi connectivity index (χ4n) is 3.59. The van der Waals surface area contributed by atoms with E-state index in [1.54, 1.807) is 23.1 Å². The van der Waals surface area contributed by atoms with Crippen LogP contribution in [0.4, 0.5) is 11.4 Å². The van der Waals surface area contributed by atoms with Crippen LogP contribution in [0.1, 0.15) is 23.2 Å². The summed E-state index contributed by atoms with van der Waals surface area (Å²) in [5.74, 6) is -0.420. The maximum Gasteiger partial charge on any atom is 0.292 e. The summed E-state index contributed by atoms with van der Waals surface area (Å²) in [6.07, 6.45) is 1.53. The van der Waals surface area contributed by atoms with Gasteiger partial charge in [0.25, 0.3) is 11.6 Å². The quantitative estimate of drug-likeness (QED) is 0.482. The average molecular weight is 499 g/mol. The topological polar surface area (TPSA) is 113 Å². The highest BCUT2D eigenvalue weighted by Crippen LogP contribution is 2.32. The SMILES string of the molecule is O=C(c1cc(S(=O)(=O)NC2CC2)c(Cl)cc1Cl)N1CCN(c2ccccc2[N+](=O)[O-])CC1. The van der Waals surface area contributed by atoms with Crippen molar-refractivity contribution in [3.63, 3.8) is 0 Å². The van der Waals surface area contributed by atoms with Crippen LogP contribution in [0.3, 0.4) is 0 Å². The first-order valence-electron chi connectivity index (χ1n) is 9.96. The Morgan fingerprint density at radius 1 is 1.06 bits per heavy atom. The largest absolute Gasteiger partial charge is 0.362 e. The van der Waals surface area contributed by atoms with E-state index >= 15 is 0 Å². The van der Waals surface area contributed by atoms with Gasteiger partial charge in [-0.25, -0.2) is 13.1 Å². The Morgan fingerprint density at radius 2 is 1.72 bits per heavy atom. The van der Waals surface area contributed by atoms with Gasteiger partial charge in [0, 0.05) is 38.3 Å². The highest BCUT2D eigenvalue weighted by molar-refractivity contribution is 7.89. The van der Waals surface area contributed by atoms with Crippen LogP contribution in [-0.4, -0.2) is 56.4 Å². The van der Waals surface area contributed by atoms with Gasteiger partial charge in [-0.15, -0.1) is 0 Å². The molecule has 2 fully saturated rings. The summed E-state index contributed by atoms with van der Waals surface area (Å²) in [6, 6.07) is 8.82. The lowest BCUT2D eigenvalue weighted by Gasteiger charge is -2.36. The van der Waals surface area contributed by atoms with E-state index in [0.717, 1.165) is 12.8 Å². The lowest BCUT2D eigenvalue weighted by Crippen LogP contribution is -2.49. The van der Waals surface area contributed by atoms with E-state index in [2.05, 4.69) is 4.72 Å². The monoisotopic (exact) mass is 498 g/mol. The second-order valence-electron chi connectivity index (χ2n) is 7.68. The zero-order valence-corrected chi connectivity index (χ0v) is 19.2. The standard InChI is InChI=1S/C20H20Cl2N4O5S/c21-15-12-16(22)19(32(30,31)23-13-5-6-13)11-14(15)20(27)25-9-7-24(8-10-25)17-3-1-2-4-18(17)26(28)29/h1-4,11-13,23H,5-10H2. The smallest absolute Gasteiger partial charge is 0.292 e. The fraction of sp³-hybridized carbons (Fsp3) is 0.350. The van der Waals surface area contributed by atoms with E-state index in [-0.39, 0.29) is 32.2 Å². The molecule has 2 aromatic carbocycles. The molecule has 4 rings (SSSR count). The minimum atomic E-state index is -3.87. The van der Waals surface area contributed by atoms with E-state index in [9.17, 15) is 23.3 Å². The predicted molar refractivity (Wildman–Crippen MR) is 121 cm³/mol. The Morgan fingerprint density at radius 3 is 2.34 bits per heavy atom. The molecule has 1 aliphatic carbocycles. The molecule has 0 radical (unpaired) electrons. The molecule has 2 aliphatic rings. The number of benzene rings is 2. The van der Waals surface area contributed by atoms with Crippen LogP contribution >= 0.6 is 23.2 Å². The number of hydrogen-bond acceptors (Lipinski definition) is 6. The number of piperazine rings is 1. The second kappa shape index (κ2) is 8.86. The third-order valence-corrected chi connectivity index (χ3v) is 7.72. The lowest BCUT2D eigenvalue weighted by molar-refractivity contribution is -0.384. The van der Waals surface area contributed by atoms with Gasteiger partial charge >= 0.3 is 0 Å². The molecule has 1 amide bonds. The molecule has 0 spiro atoms. The molecule has 9 nitrogen and oxygen atoms in total. The summed E-state index contributed by atoms with van der Waals surface area (Å²) in [5, 5.41) is 11.3. The number of para-hydroxylation sites is 2. The summed E-state index contributed by atoms with van der Waals surface area (Å²) < 4.78 is 27.8. The Balaban J connectivity index is 1.52. The van der Waals surface area contributed by atoms with E-state index < -0.39 is 20.9 Å². The van der Waals surface area contributed by atoms with Gasteiger partial charge in [0.2, 0.25) is 10.0 Å². The van der Waals surface area contributed by atoms with Crippen LogP contribution in [0, 0.1) is 10.1 Å². The Bertz CT molecular complexity index is 1180. The number of nitro groups is 1. The number of carbonyl (C=O) groups is 1. The van der Waals surface area contributed by atoms with Gasteiger partial charge in [0.05, 0.1) is 20.5 Å². The second-order valence-corrected chi connectivity index (χ2v) is 10.2. The van der Waals surface area contributed by atoms with E-state index in [0.29, 0.717) is 31.9 Å². The molecule has 32 heavy (non-hydrogen) atoms. The number of rotatable bonds is 6. The number of nitrogens with one attached hydrogen (secondary N) is 1. The molecular formula is C20H20Cl2N4O5S. The summed E-state index contributed by atoms with van der Waals surface area (Å²) in [5.41, 5.74) is 0.547. The van der Waals surface area contributed by atoms with E-state index in [1.807, 2.05) is 4.90 Å². The Labute approximate surface area is 195 Å². The first-order chi connectivity index (χ1) is 15.2. The highest BCUT2D eigenvalue weighted by atomic mass is 35.5. The molecule has 1 N–H and O–H groups in total. The molecule has 0 atom stereocenters. The van der Waals surface area contributed by atoms with E-state index in [4.69, 9.17) is 23.2 Å². The van der Waals surface area contributed by atoms with Crippen LogP contribution in [0.15, 0.2) is 41.3 Å². The molecule has 1 aliphatic heterocycles. The lowest BCUT2D eigenvalue weighted by atomic mass is 10.1. The summed E-state index contributed by atoms with van der Waals surface area (Å²) >= 11 is 12.3. The van der Waals surface area contributed by atoms with Gasteiger partial charge in [0.1, 0.15) is 10.6 Å². The molecule has 12 heteroatoms. The van der Waals surface area contributed by atoms with Gasteiger partial charge in [-0.1, -0.05) is 35.3 Å². The van der Waals surface area contributed by atoms with Crippen LogP contribution < -0.4 is 9.62 Å². The van der Waals surface area contributed by atoms with Crippen molar-refractivity contribution in [1.29, 1.82) is 0 Å². The van der Waals surface area contributed by atoms with Crippen molar-refractivity contribution in [2.75, 3.05) is 31.1 Å². The van der Waals surface area contributed by atoms with Crippen molar-refractivity contribution in [2.24, 2.45) is 0 Å². The maximum absolute atomic E-state index is 13.1. The first kappa shape index (κ1) is 22.8. The van der Waals surface area contributed by atoms with Gasteiger partial charge in [-0.3, -0.25) is 14.9 Å². The molecular weight excluding hydrogens is 479 g/mol. The molecule has 0 aromatic heterocycles. The zero-order valence-electron chi connectivity index (χ0n) is 16.8. The van der Waals surface area contributed by atoms with Gasteiger partial charge in [0.15, 0.2) is 0 Å². The maximum atomic E-state index is 13.1. The van der Waals surface area contributed by atoms with Crippen molar-refractivity contribution in [1.82, 2.24) is 9.62 Å². The first-order valence-corrected chi connectivity index (χ1v) is 12.2. The molecule has 1 saturated heterocycles. The number of nitrogens with zero attached hydrogens (tertiary/aromatic N) is 3. The fourth-order valence-corrected chi connectivity index (χ4v) is 5.75. The highest BCUT2D eigenvalue weighted by Gasteiger charge is 2.32. The number of anilines is 1. The van der Waals surface area contributed by atoms with Crippen LogP contribution in [0.25, 0.3) is 0 Å². The van der Waals surface area contributed by atoms with Crippen molar-refractivity contribution < 1.29 is 18.1 Å². The molecule has 0 unspecified atom stereocenters. The van der Waals surface area contributed by atoms with Gasteiger partial charge in [-0.05, 0) is 31.0 Å². The van der Waals surface area contributed by atoms with Crippen LogP contribution in [0.5, 0.6) is 0 Å². The van der Waals surface area contributed by atoms with Crippen molar-refractivity contribution in [2.45, 2.75) is 23.8 Å². The van der Waals surface area contributed by atoms with Crippen LogP contribution in [0.2, 0.25) is 10.0 Å². The zero-order chi connectivity index (χ0) is 23.0. The number of halogens is 2. The predicted octanol–water partition coefficient (Wildman–Crippen LogP) is 3.30. The number of amides is 1. The molecule has 1 saturated carbocycles. The van der Waals surface area contributed by atoms with Crippen molar-refractivity contribution in [3.05, 3.63) is 62.1 Å². The third kappa shape index (κ3) is 4.68. The Hall–Kier alpha value is -2.40. The molecule has 0 bridgehead atoms. The Kier molecular flexibility index (Phi) is 6.30. The minimum absolute atomic E-state index is 0.00559. The summed E-state index contributed by atoms with van der Waals surface area (Å²) in [4.78, 5) is 27.2. The van der Waals surface area contributed by atoms with Crippen molar-refractivity contribution >= 4 is 50.5 Å². The number of carbonyl (C=O) groups excluding carboxylic acids is 1. The normalized spacial score (nSPS) is 16.8. The number of hydrogen-bond donors (Lipinski definition) is 1. The number of nitro benzene ring substituents is 1. The third-order valence-electron chi connectivity index (χ3n) is 5.43. The van der Waals surface area contributed by atoms with Crippen LogP contribution in [-0.2, 0) is 10.0 Å². The van der Waals surface area contributed by atoms with Gasteiger partial charge in [-0.2, -0.15) is 0 Å². The minimum Gasteiger partial charge on any atom is -0.362 e. The average Bonchev–Trinajstić information content (AvgIpc) is 3.56. The molecule has 170 valence electrons. The molecule has 1 heterocycles. The number of sulfonamides is 1. The molecule has 2 aromatic rings. The van der Waals surface area contributed by atoms with E-state index in [1.165, 1.54) is 18.2 Å². The summed E-state index contributed by atoms with van der Waals surface area (Å²) in [7, 11) is -3.87. The summed E-state index contributed by atoms with van der Waals surface area (Å²) in [6.45, 7) is 1.37.